The second kappa shape index (κ2) is 7.90. The summed E-state index contributed by atoms with van der Waals surface area (Å²) >= 11 is 0. The van der Waals surface area contributed by atoms with E-state index in [2.05, 4.69) is 15.4 Å². The minimum Gasteiger partial charge on any atom is -0.468 e. The molecule has 0 aromatic heterocycles. The van der Waals surface area contributed by atoms with Gasteiger partial charge in [-0.1, -0.05) is 0 Å². The smallest absolute Gasteiger partial charge is 0.325 e. The number of benzene rings is 1. The number of hydrogen-bond donors (Lipinski definition) is 3. The quantitative estimate of drug-likeness (QED) is 0.629. The number of nitrogens with one attached hydrogen (secondary N) is 2. The van der Waals surface area contributed by atoms with Gasteiger partial charge in [-0.25, -0.2) is 0 Å². The number of carbonyl (C=O) groups is 3. The molecule has 2 amide bonds. The Bertz CT molecular complexity index is 485. The highest BCUT2D eigenvalue weighted by Crippen LogP contribution is 2.09. The predicted octanol–water partition coefficient (Wildman–Crippen LogP) is -0.123. The average Bonchev–Trinajstić information content (AvgIpc) is 2.45. The molecule has 0 bridgehead atoms. The molecule has 0 saturated heterocycles. The molecule has 1 aromatic rings. The molecule has 0 spiro atoms. The van der Waals surface area contributed by atoms with Crippen LogP contribution in [0.2, 0.25) is 0 Å². The van der Waals surface area contributed by atoms with Crippen LogP contribution >= 0.6 is 0 Å². The summed E-state index contributed by atoms with van der Waals surface area (Å²) in [5, 5.41) is 5.06. The zero-order valence-electron chi connectivity index (χ0n) is 11.1. The number of rotatable bonds is 6. The summed E-state index contributed by atoms with van der Waals surface area (Å²) in [4.78, 5) is 33.9. The summed E-state index contributed by atoms with van der Waals surface area (Å²) in [6.07, 6.45) is 0.237. The zero-order valence-corrected chi connectivity index (χ0v) is 11.1. The number of anilines is 1. The molecule has 0 atom stereocenters. The van der Waals surface area contributed by atoms with E-state index in [1.165, 1.54) is 7.11 Å². The molecule has 7 heteroatoms. The SMILES string of the molecule is COC(=O)CNC(=O)c1ccc(NC(=O)CCN)cc1. The van der Waals surface area contributed by atoms with Gasteiger partial charge in [-0.2, -0.15) is 0 Å². The summed E-state index contributed by atoms with van der Waals surface area (Å²) < 4.78 is 4.41. The van der Waals surface area contributed by atoms with Crippen LogP contribution in [-0.4, -0.2) is 38.0 Å². The molecule has 0 aliphatic heterocycles. The van der Waals surface area contributed by atoms with E-state index in [0.29, 0.717) is 11.3 Å². The summed E-state index contributed by atoms with van der Waals surface area (Å²) in [5.41, 5.74) is 6.22. The van der Waals surface area contributed by atoms with Crippen LogP contribution in [0.5, 0.6) is 0 Å². The van der Waals surface area contributed by atoms with Gasteiger partial charge in [-0.15, -0.1) is 0 Å². The average molecular weight is 279 g/mol. The van der Waals surface area contributed by atoms with Crippen molar-refractivity contribution in [3.05, 3.63) is 29.8 Å². The van der Waals surface area contributed by atoms with Gasteiger partial charge in [0.25, 0.3) is 5.91 Å². The Hall–Kier alpha value is -2.41. The number of nitrogens with two attached hydrogens (primary N) is 1. The number of esters is 1. The van der Waals surface area contributed by atoms with E-state index in [1.807, 2.05) is 0 Å². The highest BCUT2D eigenvalue weighted by Gasteiger charge is 2.08. The maximum atomic E-state index is 11.7. The molecule has 7 nitrogen and oxygen atoms in total. The Kier molecular flexibility index (Phi) is 6.18. The number of methoxy groups -OCH3 is 1. The molecular weight excluding hydrogens is 262 g/mol. The first kappa shape index (κ1) is 15.6. The fraction of sp³-hybridized carbons (Fsp3) is 0.308. The van der Waals surface area contributed by atoms with Gasteiger partial charge in [0.05, 0.1) is 7.11 Å². The Morgan fingerprint density at radius 1 is 1.20 bits per heavy atom. The molecule has 0 aliphatic carbocycles. The molecule has 0 fully saturated rings. The third kappa shape index (κ3) is 5.07. The van der Waals surface area contributed by atoms with Crippen LogP contribution in [0, 0.1) is 0 Å². The van der Waals surface area contributed by atoms with Crippen LogP contribution in [0.4, 0.5) is 5.69 Å². The highest BCUT2D eigenvalue weighted by atomic mass is 16.5. The molecule has 0 heterocycles. The van der Waals surface area contributed by atoms with Crippen LogP contribution in [0.3, 0.4) is 0 Å². The van der Waals surface area contributed by atoms with E-state index in [0.717, 1.165) is 0 Å². The van der Waals surface area contributed by atoms with Crippen molar-refractivity contribution in [2.75, 3.05) is 25.5 Å². The van der Waals surface area contributed by atoms with Crippen molar-refractivity contribution >= 4 is 23.5 Å². The van der Waals surface area contributed by atoms with Gasteiger partial charge in [0.1, 0.15) is 6.54 Å². The minimum atomic E-state index is -0.524. The van der Waals surface area contributed by atoms with Gasteiger partial charge < -0.3 is 21.1 Å². The summed E-state index contributed by atoms with van der Waals surface area (Å²) in [6, 6.07) is 6.29. The standard InChI is InChI=1S/C13H17N3O4/c1-20-12(18)8-15-13(19)9-2-4-10(5-3-9)16-11(17)6-7-14/h2-5H,6-8,14H2,1H3,(H,15,19)(H,16,17). The monoisotopic (exact) mass is 279 g/mol. The van der Waals surface area contributed by atoms with E-state index < -0.39 is 11.9 Å². The fourth-order valence-corrected chi connectivity index (χ4v) is 1.39. The van der Waals surface area contributed by atoms with E-state index in [1.54, 1.807) is 24.3 Å². The van der Waals surface area contributed by atoms with Crippen LogP contribution in [0.1, 0.15) is 16.8 Å². The first-order chi connectivity index (χ1) is 9.56. The molecule has 1 rings (SSSR count). The van der Waals surface area contributed by atoms with Crippen LogP contribution in [0.25, 0.3) is 0 Å². The maximum absolute atomic E-state index is 11.7. The molecule has 0 saturated carbocycles. The molecule has 20 heavy (non-hydrogen) atoms. The third-order valence-corrected chi connectivity index (χ3v) is 2.42. The van der Waals surface area contributed by atoms with Gasteiger partial charge in [0.2, 0.25) is 5.91 Å². The first-order valence-electron chi connectivity index (χ1n) is 6.02. The lowest BCUT2D eigenvalue weighted by molar-refractivity contribution is -0.139. The van der Waals surface area contributed by atoms with E-state index >= 15 is 0 Å². The Morgan fingerprint density at radius 3 is 2.40 bits per heavy atom. The molecule has 0 aliphatic rings. The van der Waals surface area contributed by atoms with Crippen molar-refractivity contribution in [1.29, 1.82) is 0 Å². The molecule has 108 valence electrons. The van der Waals surface area contributed by atoms with E-state index in [4.69, 9.17) is 5.73 Å². The Balaban J connectivity index is 2.55. The van der Waals surface area contributed by atoms with Crippen molar-refractivity contribution < 1.29 is 19.1 Å². The number of ether oxygens (including phenoxy) is 1. The number of hydrogen-bond acceptors (Lipinski definition) is 5. The minimum absolute atomic E-state index is 0.185. The van der Waals surface area contributed by atoms with Gasteiger partial charge in [-0.05, 0) is 24.3 Å². The molecule has 0 unspecified atom stereocenters. The topological polar surface area (TPSA) is 111 Å². The number of carbonyl (C=O) groups excluding carboxylic acids is 3. The van der Waals surface area contributed by atoms with Gasteiger partial charge in [0, 0.05) is 24.2 Å². The molecule has 0 radical (unpaired) electrons. The van der Waals surface area contributed by atoms with E-state index in [9.17, 15) is 14.4 Å². The lowest BCUT2D eigenvalue weighted by Gasteiger charge is -2.06. The largest absolute Gasteiger partial charge is 0.468 e. The van der Waals surface area contributed by atoms with Crippen molar-refractivity contribution in [2.24, 2.45) is 5.73 Å². The molecule has 1 aromatic carbocycles. The third-order valence-electron chi connectivity index (χ3n) is 2.42. The summed E-state index contributed by atoms with van der Waals surface area (Å²) in [5.74, 6) is -1.10. The second-order valence-electron chi connectivity index (χ2n) is 3.92. The van der Waals surface area contributed by atoms with Crippen molar-refractivity contribution in [3.8, 4) is 0 Å². The molecule has 4 N–H and O–H groups in total. The second-order valence-corrected chi connectivity index (χ2v) is 3.92. The predicted molar refractivity (Wildman–Crippen MR) is 73.1 cm³/mol. The van der Waals surface area contributed by atoms with Crippen molar-refractivity contribution in [2.45, 2.75) is 6.42 Å². The van der Waals surface area contributed by atoms with Crippen LogP contribution < -0.4 is 16.4 Å². The summed E-state index contributed by atoms with van der Waals surface area (Å²) in [7, 11) is 1.24. The fourth-order valence-electron chi connectivity index (χ4n) is 1.39. The Labute approximate surface area is 116 Å². The zero-order chi connectivity index (χ0) is 15.0. The summed E-state index contributed by atoms with van der Waals surface area (Å²) in [6.45, 7) is 0.0875. The lowest BCUT2D eigenvalue weighted by atomic mass is 10.2. The first-order valence-corrected chi connectivity index (χ1v) is 6.02. The molecular formula is C13H17N3O4. The van der Waals surface area contributed by atoms with Crippen LogP contribution in [-0.2, 0) is 14.3 Å². The highest BCUT2D eigenvalue weighted by molar-refractivity contribution is 5.97. The van der Waals surface area contributed by atoms with Gasteiger partial charge in [-0.3, -0.25) is 14.4 Å². The maximum Gasteiger partial charge on any atom is 0.325 e. The van der Waals surface area contributed by atoms with Crippen LogP contribution in [0.15, 0.2) is 24.3 Å². The van der Waals surface area contributed by atoms with Gasteiger partial charge >= 0.3 is 5.97 Å². The normalized spacial score (nSPS) is 9.70. The van der Waals surface area contributed by atoms with Crippen molar-refractivity contribution in [1.82, 2.24) is 5.32 Å². The lowest BCUT2D eigenvalue weighted by Crippen LogP contribution is -2.30. The Morgan fingerprint density at radius 2 is 1.85 bits per heavy atom. The van der Waals surface area contributed by atoms with Gasteiger partial charge in [0.15, 0.2) is 0 Å². The van der Waals surface area contributed by atoms with E-state index in [-0.39, 0.29) is 25.4 Å². The van der Waals surface area contributed by atoms with Crippen molar-refractivity contribution in [3.63, 3.8) is 0 Å². The number of amides is 2.